The highest BCUT2D eigenvalue weighted by Gasteiger charge is 2.16. The molecule has 1 aliphatic rings. The van der Waals surface area contributed by atoms with E-state index < -0.39 is 5.91 Å². The van der Waals surface area contributed by atoms with Gasteiger partial charge in [-0.15, -0.1) is 0 Å². The number of benzene rings is 1. The number of hydrogen-bond acceptors (Lipinski definition) is 4. The van der Waals surface area contributed by atoms with Gasteiger partial charge in [-0.05, 0) is 43.9 Å². The number of pyridine rings is 1. The average molecular weight is 325 g/mol. The summed E-state index contributed by atoms with van der Waals surface area (Å²) in [6.07, 6.45) is 5.82. The Hall–Kier alpha value is -2.89. The maximum atomic E-state index is 12.1. The van der Waals surface area contributed by atoms with E-state index in [4.69, 9.17) is 10.5 Å². The average Bonchev–Trinajstić information content (AvgIpc) is 2.60. The highest BCUT2D eigenvalue weighted by atomic mass is 16.5. The quantitative estimate of drug-likeness (QED) is 0.880. The molecule has 0 aliphatic heterocycles. The summed E-state index contributed by atoms with van der Waals surface area (Å²) in [5.41, 5.74) is 8.10. The van der Waals surface area contributed by atoms with Crippen LogP contribution in [0.4, 0.5) is 5.69 Å². The van der Waals surface area contributed by atoms with Crippen molar-refractivity contribution in [1.82, 2.24) is 4.98 Å². The van der Waals surface area contributed by atoms with Crippen LogP contribution in [-0.2, 0) is 17.6 Å². The van der Waals surface area contributed by atoms with Gasteiger partial charge in [0.1, 0.15) is 5.75 Å². The van der Waals surface area contributed by atoms with E-state index in [1.807, 2.05) is 0 Å². The fraction of sp³-hybridized carbons (Fsp3) is 0.278. The Morgan fingerprint density at radius 1 is 1.17 bits per heavy atom. The fourth-order valence-electron chi connectivity index (χ4n) is 2.86. The molecule has 0 bridgehead atoms. The lowest BCUT2D eigenvalue weighted by atomic mass is 9.95. The third-order valence-corrected chi connectivity index (χ3v) is 4.02. The van der Waals surface area contributed by atoms with Crippen LogP contribution in [0.2, 0.25) is 0 Å². The Morgan fingerprint density at radius 2 is 1.96 bits per heavy atom. The minimum absolute atomic E-state index is 0.135. The summed E-state index contributed by atoms with van der Waals surface area (Å²) in [6.45, 7) is -0.135. The highest BCUT2D eigenvalue weighted by Crippen LogP contribution is 2.27. The third-order valence-electron chi connectivity index (χ3n) is 4.02. The smallest absolute Gasteiger partial charge is 0.262 e. The van der Waals surface area contributed by atoms with Crippen LogP contribution >= 0.6 is 0 Å². The number of carbonyl (C=O) groups is 2. The molecule has 2 amide bonds. The SMILES string of the molecule is NC(=O)c1ccccc1NC(=O)COc1ccnc2c1CCCC2. The topological polar surface area (TPSA) is 94.3 Å². The Bertz CT molecular complexity index is 774. The van der Waals surface area contributed by atoms with Crippen LogP contribution in [0.1, 0.15) is 34.5 Å². The van der Waals surface area contributed by atoms with Gasteiger partial charge in [-0.2, -0.15) is 0 Å². The van der Waals surface area contributed by atoms with Crippen LogP contribution in [0.5, 0.6) is 5.75 Å². The number of anilines is 1. The Morgan fingerprint density at radius 3 is 2.79 bits per heavy atom. The number of ether oxygens (including phenoxy) is 1. The number of aromatic nitrogens is 1. The maximum Gasteiger partial charge on any atom is 0.262 e. The van der Waals surface area contributed by atoms with Gasteiger partial charge in [0.2, 0.25) is 0 Å². The first-order valence-electron chi connectivity index (χ1n) is 7.93. The van der Waals surface area contributed by atoms with Crippen LogP contribution in [0.3, 0.4) is 0 Å². The van der Waals surface area contributed by atoms with E-state index in [9.17, 15) is 9.59 Å². The lowest BCUT2D eigenvalue weighted by Gasteiger charge is -2.18. The van der Waals surface area contributed by atoms with Crippen LogP contribution in [0.15, 0.2) is 36.5 Å². The number of nitrogens with one attached hydrogen (secondary N) is 1. The number of primary amides is 1. The van der Waals surface area contributed by atoms with Gasteiger partial charge in [-0.1, -0.05) is 12.1 Å². The first kappa shape index (κ1) is 16.0. The molecule has 0 fully saturated rings. The minimum Gasteiger partial charge on any atom is -0.483 e. The van der Waals surface area contributed by atoms with Crippen LogP contribution in [0, 0.1) is 0 Å². The summed E-state index contributed by atoms with van der Waals surface area (Å²) < 4.78 is 5.67. The van der Waals surface area contributed by atoms with E-state index in [2.05, 4.69) is 10.3 Å². The lowest BCUT2D eigenvalue weighted by Crippen LogP contribution is -2.23. The summed E-state index contributed by atoms with van der Waals surface area (Å²) in [6, 6.07) is 8.40. The standard InChI is InChI=1S/C18H19N3O3/c19-18(23)13-6-2-4-8-15(13)21-17(22)11-24-16-9-10-20-14-7-3-1-5-12(14)16/h2,4,6,8-10H,1,3,5,7,11H2,(H2,19,23)(H,21,22). The van der Waals surface area contributed by atoms with E-state index in [-0.39, 0.29) is 18.1 Å². The molecular weight excluding hydrogens is 306 g/mol. The van der Waals surface area contributed by atoms with Crippen LogP contribution in [0.25, 0.3) is 0 Å². The summed E-state index contributed by atoms with van der Waals surface area (Å²) >= 11 is 0. The van der Waals surface area contributed by atoms with Crippen molar-refractivity contribution in [2.24, 2.45) is 5.73 Å². The number of rotatable bonds is 5. The molecule has 0 spiro atoms. The molecule has 24 heavy (non-hydrogen) atoms. The van der Waals surface area contributed by atoms with E-state index in [0.717, 1.165) is 36.9 Å². The van der Waals surface area contributed by atoms with E-state index >= 15 is 0 Å². The minimum atomic E-state index is -0.588. The predicted octanol–water partition coefficient (Wildman–Crippen LogP) is 2.08. The number of hydrogen-bond donors (Lipinski definition) is 2. The molecule has 0 unspecified atom stereocenters. The van der Waals surface area contributed by atoms with Crippen molar-refractivity contribution >= 4 is 17.5 Å². The van der Waals surface area contributed by atoms with E-state index in [1.165, 1.54) is 0 Å². The molecule has 1 heterocycles. The molecule has 3 N–H and O–H groups in total. The summed E-state index contributed by atoms with van der Waals surface area (Å²) in [7, 11) is 0. The van der Waals surface area contributed by atoms with Crippen molar-refractivity contribution in [3.63, 3.8) is 0 Å². The summed E-state index contributed by atoms with van der Waals surface area (Å²) in [4.78, 5) is 27.9. The second-order valence-corrected chi connectivity index (χ2v) is 5.69. The van der Waals surface area contributed by atoms with Gasteiger partial charge in [0.25, 0.3) is 11.8 Å². The van der Waals surface area contributed by atoms with E-state index in [0.29, 0.717) is 11.4 Å². The molecule has 1 aliphatic carbocycles. The molecule has 6 heteroatoms. The second kappa shape index (κ2) is 7.12. The van der Waals surface area contributed by atoms with Crippen molar-refractivity contribution in [1.29, 1.82) is 0 Å². The highest BCUT2D eigenvalue weighted by molar-refractivity contribution is 6.03. The van der Waals surface area contributed by atoms with Gasteiger partial charge in [0.05, 0.1) is 11.3 Å². The molecule has 3 rings (SSSR count). The molecular formula is C18H19N3O3. The molecule has 2 aromatic rings. The molecule has 0 saturated heterocycles. The Kier molecular flexibility index (Phi) is 4.74. The number of aryl methyl sites for hydroxylation is 1. The van der Waals surface area contributed by atoms with Gasteiger partial charge >= 0.3 is 0 Å². The summed E-state index contributed by atoms with van der Waals surface area (Å²) in [5, 5.41) is 2.66. The normalized spacial score (nSPS) is 13.0. The van der Waals surface area contributed by atoms with Crippen molar-refractivity contribution in [3.8, 4) is 5.75 Å². The molecule has 0 atom stereocenters. The van der Waals surface area contributed by atoms with Crippen LogP contribution < -0.4 is 15.8 Å². The number of nitrogens with two attached hydrogens (primary N) is 1. The van der Waals surface area contributed by atoms with Crippen molar-refractivity contribution < 1.29 is 14.3 Å². The van der Waals surface area contributed by atoms with Gasteiger partial charge in [0, 0.05) is 17.5 Å². The van der Waals surface area contributed by atoms with Crippen molar-refractivity contribution in [2.75, 3.05) is 11.9 Å². The third kappa shape index (κ3) is 3.53. The molecule has 1 aromatic carbocycles. The zero-order chi connectivity index (χ0) is 16.9. The zero-order valence-electron chi connectivity index (χ0n) is 13.2. The van der Waals surface area contributed by atoms with Gasteiger partial charge in [-0.3, -0.25) is 14.6 Å². The molecule has 124 valence electrons. The first-order valence-corrected chi connectivity index (χ1v) is 7.93. The monoisotopic (exact) mass is 325 g/mol. The molecule has 0 saturated carbocycles. The Balaban J connectivity index is 1.66. The van der Waals surface area contributed by atoms with Crippen molar-refractivity contribution in [2.45, 2.75) is 25.7 Å². The van der Waals surface area contributed by atoms with Gasteiger partial charge in [-0.25, -0.2) is 0 Å². The number of fused-ring (bicyclic) bond motifs is 1. The van der Waals surface area contributed by atoms with Gasteiger partial charge in [0.15, 0.2) is 6.61 Å². The maximum absolute atomic E-state index is 12.1. The molecule has 1 aromatic heterocycles. The fourth-order valence-corrected chi connectivity index (χ4v) is 2.86. The lowest BCUT2D eigenvalue weighted by molar-refractivity contribution is -0.118. The zero-order valence-corrected chi connectivity index (χ0v) is 13.2. The number of amides is 2. The number of nitrogens with zero attached hydrogens (tertiary/aromatic N) is 1. The largest absolute Gasteiger partial charge is 0.483 e. The number of carbonyl (C=O) groups excluding carboxylic acids is 2. The first-order chi connectivity index (χ1) is 11.6. The Labute approximate surface area is 140 Å². The number of para-hydroxylation sites is 1. The van der Waals surface area contributed by atoms with E-state index in [1.54, 1.807) is 36.5 Å². The predicted molar refractivity (Wildman–Crippen MR) is 90.0 cm³/mol. The van der Waals surface area contributed by atoms with Crippen LogP contribution in [-0.4, -0.2) is 23.4 Å². The van der Waals surface area contributed by atoms with Crippen molar-refractivity contribution in [3.05, 3.63) is 53.3 Å². The second-order valence-electron chi connectivity index (χ2n) is 5.69. The molecule has 6 nitrogen and oxygen atoms in total. The summed E-state index contributed by atoms with van der Waals surface area (Å²) in [5.74, 6) is -0.224. The molecule has 0 radical (unpaired) electrons. The van der Waals surface area contributed by atoms with Gasteiger partial charge < -0.3 is 15.8 Å².